The van der Waals surface area contributed by atoms with Gasteiger partial charge in [0, 0.05) is 15.7 Å². The van der Waals surface area contributed by atoms with E-state index in [1.165, 1.54) is 11.8 Å². The average Bonchev–Trinajstić information content (AvgIpc) is 2.59. The minimum atomic E-state index is -0.0919. The van der Waals surface area contributed by atoms with Gasteiger partial charge in [0.25, 0.3) is 5.91 Å². The van der Waals surface area contributed by atoms with Gasteiger partial charge in [0.2, 0.25) is 0 Å². The Balaban J connectivity index is 2.38. The topological polar surface area (TPSA) is 40.5 Å². The number of carbonyl (C=O) groups is 1. The van der Waals surface area contributed by atoms with Gasteiger partial charge in [-0.1, -0.05) is 24.0 Å². The van der Waals surface area contributed by atoms with Gasteiger partial charge in [-0.3, -0.25) is 9.69 Å². The molecule has 1 amide bonds. The van der Waals surface area contributed by atoms with Crippen molar-refractivity contribution in [3.8, 4) is 5.75 Å². The number of benzene rings is 1. The van der Waals surface area contributed by atoms with Crippen molar-refractivity contribution in [1.29, 1.82) is 0 Å². The molecule has 1 aromatic rings. The maximum Gasteiger partial charge on any atom is 0.266 e. The van der Waals surface area contributed by atoms with Crippen LogP contribution in [0.3, 0.4) is 0 Å². The summed E-state index contributed by atoms with van der Waals surface area (Å²) in [6.45, 7) is 2.46. The number of nitrogens with zero attached hydrogens (tertiary/aromatic N) is 1. The average molecular weight is 391 g/mol. The van der Waals surface area contributed by atoms with Crippen molar-refractivity contribution in [2.45, 2.75) is 6.92 Å². The first kappa shape index (κ1) is 13.8. The first-order valence-corrected chi connectivity index (χ1v) is 7.57. The third-order valence-electron chi connectivity index (χ3n) is 2.47. The SMILES string of the molecule is CCN1C(=O)/C(=C/c2cc(I)ccc2O)SC1=S. The molecule has 0 spiro atoms. The molecule has 0 atom stereocenters. The van der Waals surface area contributed by atoms with Crippen LogP contribution in [0.2, 0.25) is 0 Å². The number of halogens is 1. The summed E-state index contributed by atoms with van der Waals surface area (Å²) < 4.78 is 1.57. The number of thioether (sulfide) groups is 1. The number of likely N-dealkylation sites (N-methyl/N-ethyl adjacent to an activating group) is 1. The molecule has 3 nitrogen and oxygen atoms in total. The van der Waals surface area contributed by atoms with Crippen LogP contribution in [0.1, 0.15) is 12.5 Å². The predicted octanol–water partition coefficient (Wildman–Crippen LogP) is 3.22. The largest absolute Gasteiger partial charge is 0.507 e. The maximum absolute atomic E-state index is 12.0. The molecular formula is C12H10INO2S2. The summed E-state index contributed by atoms with van der Waals surface area (Å²) in [4.78, 5) is 14.1. The predicted molar refractivity (Wildman–Crippen MR) is 86.4 cm³/mol. The number of hydrogen-bond donors (Lipinski definition) is 1. The highest BCUT2D eigenvalue weighted by Crippen LogP contribution is 2.34. The summed E-state index contributed by atoms with van der Waals surface area (Å²) in [5.41, 5.74) is 0.638. The molecule has 1 N–H and O–H groups in total. The van der Waals surface area contributed by atoms with E-state index in [-0.39, 0.29) is 11.7 Å². The van der Waals surface area contributed by atoms with Crippen LogP contribution < -0.4 is 0 Å². The van der Waals surface area contributed by atoms with E-state index in [1.54, 1.807) is 17.0 Å². The Labute approximate surface area is 128 Å². The Hall–Kier alpha value is -0.600. The van der Waals surface area contributed by atoms with Gasteiger partial charge in [-0.15, -0.1) is 0 Å². The Bertz CT molecular complexity index is 557. The minimum Gasteiger partial charge on any atom is -0.507 e. The Kier molecular flexibility index (Phi) is 4.29. The van der Waals surface area contributed by atoms with Gasteiger partial charge < -0.3 is 5.11 Å². The molecule has 1 aliphatic rings. The Morgan fingerprint density at radius 1 is 1.56 bits per heavy atom. The van der Waals surface area contributed by atoms with Gasteiger partial charge in [0.15, 0.2) is 0 Å². The van der Waals surface area contributed by atoms with Crippen LogP contribution in [0.25, 0.3) is 6.08 Å². The zero-order valence-electron chi connectivity index (χ0n) is 9.51. The second kappa shape index (κ2) is 5.58. The molecule has 18 heavy (non-hydrogen) atoms. The van der Waals surface area contributed by atoms with Crippen LogP contribution in [0.4, 0.5) is 0 Å². The fourth-order valence-electron chi connectivity index (χ4n) is 1.55. The number of amides is 1. The third kappa shape index (κ3) is 2.70. The minimum absolute atomic E-state index is 0.0919. The molecule has 94 valence electrons. The van der Waals surface area contributed by atoms with Crippen molar-refractivity contribution in [3.05, 3.63) is 32.2 Å². The molecule has 1 heterocycles. The maximum atomic E-state index is 12.0. The van der Waals surface area contributed by atoms with E-state index >= 15 is 0 Å². The van der Waals surface area contributed by atoms with Crippen molar-refractivity contribution in [3.63, 3.8) is 0 Å². The molecule has 2 rings (SSSR count). The molecule has 1 saturated heterocycles. The van der Waals surface area contributed by atoms with Crippen LogP contribution in [0.15, 0.2) is 23.1 Å². The first-order chi connectivity index (χ1) is 8.52. The number of hydrogen-bond acceptors (Lipinski definition) is 4. The summed E-state index contributed by atoms with van der Waals surface area (Å²) in [5.74, 6) is 0.0722. The molecule has 0 unspecified atom stereocenters. The number of phenolic OH excluding ortho intramolecular Hbond substituents is 1. The van der Waals surface area contributed by atoms with E-state index in [0.717, 1.165) is 3.57 Å². The van der Waals surface area contributed by atoms with Gasteiger partial charge in [-0.05, 0) is 53.8 Å². The van der Waals surface area contributed by atoms with Crippen LogP contribution in [0, 0.1) is 3.57 Å². The lowest BCUT2D eigenvalue weighted by atomic mass is 10.2. The molecule has 0 bridgehead atoms. The molecule has 0 aromatic heterocycles. The number of phenols is 1. The highest BCUT2D eigenvalue weighted by atomic mass is 127. The van der Waals surface area contributed by atoms with Gasteiger partial charge >= 0.3 is 0 Å². The quantitative estimate of drug-likeness (QED) is 0.478. The molecule has 1 fully saturated rings. The van der Waals surface area contributed by atoms with Crippen LogP contribution in [0.5, 0.6) is 5.75 Å². The van der Waals surface area contributed by atoms with E-state index in [1.807, 2.05) is 19.1 Å². The number of aromatic hydroxyl groups is 1. The van der Waals surface area contributed by atoms with Crippen molar-refractivity contribution < 1.29 is 9.90 Å². The second-order valence-electron chi connectivity index (χ2n) is 3.63. The first-order valence-electron chi connectivity index (χ1n) is 5.27. The molecule has 0 aliphatic carbocycles. The summed E-state index contributed by atoms with van der Waals surface area (Å²) in [7, 11) is 0. The Morgan fingerprint density at radius 3 is 2.89 bits per heavy atom. The molecular weight excluding hydrogens is 381 g/mol. The fraction of sp³-hybridized carbons (Fsp3) is 0.167. The van der Waals surface area contributed by atoms with E-state index < -0.39 is 0 Å². The standard InChI is InChI=1S/C12H10INO2S2/c1-2-14-11(16)10(18-12(14)17)6-7-5-8(13)3-4-9(7)15/h3-6,15H,2H2,1H3/b10-6-. The molecule has 1 aliphatic heterocycles. The van der Waals surface area contributed by atoms with Gasteiger partial charge in [-0.2, -0.15) is 0 Å². The lowest BCUT2D eigenvalue weighted by Crippen LogP contribution is -2.27. The summed E-state index contributed by atoms with van der Waals surface area (Å²) in [6.07, 6.45) is 1.69. The lowest BCUT2D eigenvalue weighted by Gasteiger charge is -2.09. The zero-order valence-corrected chi connectivity index (χ0v) is 13.3. The second-order valence-corrected chi connectivity index (χ2v) is 6.55. The zero-order chi connectivity index (χ0) is 13.3. The highest BCUT2D eigenvalue weighted by Gasteiger charge is 2.30. The monoisotopic (exact) mass is 391 g/mol. The fourth-order valence-corrected chi connectivity index (χ4v) is 3.45. The van der Waals surface area contributed by atoms with Crippen molar-refractivity contribution >= 4 is 62.9 Å². The molecule has 6 heteroatoms. The van der Waals surface area contributed by atoms with E-state index in [0.29, 0.717) is 21.3 Å². The van der Waals surface area contributed by atoms with Crippen molar-refractivity contribution in [2.75, 3.05) is 6.54 Å². The summed E-state index contributed by atoms with van der Waals surface area (Å²) in [6, 6.07) is 5.26. The van der Waals surface area contributed by atoms with Crippen LogP contribution >= 0.6 is 46.6 Å². The van der Waals surface area contributed by atoms with Crippen LogP contribution in [-0.4, -0.2) is 26.8 Å². The van der Waals surface area contributed by atoms with Gasteiger partial charge in [0.05, 0.1) is 4.91 Å². The van der Waals surface area contributed by atoms with Crippen molar-refractivity contribution in [1.82, 2.24) is 4.90 Å². The third-order valence-corrected chi connectivity index (χ3v) is 4.51. The van der Waals surface area contributed by atoms with Gasteiger partial charge in [0.1, 0.15) is 10.1 Å². The molecule has 0 radical (unpaired) electrons. The highest BCUT2D eigenvalue weighted by molar-refractivity contribution is 14.1. The van der Waals surface area contributed by atoms with E-state index in [9.17, 15) is 9.90 Å². The number of rotatable bonds is 2. The number of carbonyl (C=O) groups excluding carboxylic acids is 1. The smallest absolute Gasteiger partial charge is 0.266 e. The van der Waals surface area contributed by atoms with Gasteiger partial charge in [-0.25, -0.2) is 0 Å². The van der Waals surface area contributed by atoms with Crippen molar-refractivity contribution in [2.24, 2.45) is 0 Å². The summed E-state index contributed by atoms with van der Waals surface area (Å²) in [5, 5.41) is 9.76. The number of thiocarbonyl (C=S) groups is 1. The molecule has 1 aromatic carbocycles. The summed E-state index contributed by atoms with van der Waals surface area (Å²) >= 11 is 8.56. The van der Waals surface area contributed by atoms with E-state index in [4.69, 9.17) is 12.2 Å². The molecule has 0 saturated carbocycles. The lowest BCUT2D eigenvalue weighted by molar-refractivity contribution is -0.121. The Morgan fingerprint density at radius 2 is 2.28 bits per heavy atom. The van der Waals surface area contributed by atoms with E-state index in [2.05, 4.69) is 22.6 Å². The van der Waals surface area contributed by atoms with Crippen LogP contribution in [-0.2, 0) is 4.79 Å². The normalized spacial score (nSPS) is 17.9.